The molecule has 0 aliphatic rings. The fraction of sp³-hybridized carbons (Fsp3) is 0.500. The van der Waals surface area contributed by atoms with Crippen LogP contribution >= 0.6 is 23.4 Å². The molecule has 19 heavy (non-hydrogen) atoms. The lowest BCUT2D eigenvalue weighted by Crippen LogP contribution is -2.39. The van der Waals surface area contributed by atoms with Gasteiger partial charge in [-0.05, 0) is 37.3 Å². The van der Waals surface area contributed by atoms with Gasteiger partial charge in [-0.25, -0.2) is 0 Å². The van der Waals surface area contributed by atoms with Crippen LogP contribution in [0.1, 0.15) is 37.0 Å². The fourth-order valence-electron chi connectivity index (χ4n) is 1.87. The smallest absolute Gasteiger partial charge is 0.251 e. The summed E-state index contributed by atoms with van der Waals surface area (Å²) < 4.78 is 0.104. The van der Waals surface area contributed by atoms with Crippen molar-refractivity contribution in [1.82, 2.24) is 5.32 Å². The Kier molecular flexibility index (Phi) is 6.01. The number of rotatable bonds is 6. The highest BCUT2D eigenvalue weighted by Crippen LogP contribution is 2.29. The molecule has 3 nitrogen and oxygen atoms in total. The quantitative estimate of drug-likeness (QED) is 0.790. The molecule has 0 saturated heterocycles. The Bertz CT molecular complexity index is 439. The van der Waals surface area contributed by atoms with Crippen LogP contribution in [0.3, 0.4) is 0 Å². The van der Waals surface area contributed by atoms with E-state index in [1.807, 2.05) is 0 Å². The van der Waals surface area contributed by atoms with E-state index in [4.69, 9.17) is 17.3 Å². The lowest BCUT2D eigenvalue weighted by atomic mass is 10.0. The van der Waals surface area contributed by atoms with Crippen molar-refractivity contribution in [3.63, 3.8) is 0 Å². The van der Waals surface area contributed by atoms with Crippen LogP contribution in [0, 0.1) is 0 Å². The van der Waals surface area contributed by atoms with Crippen molar-refractivity contribution in [3.05, 3.63) is 28.8 Å². The van der Waals surface area contributed by atoms with E-state index in [2.05, 4.69) is 25.4 Å². The van der Waals surface area contributed by atoms with E-state index in [0.29, 0.717) is 22.8 Å². The summed E-state index contributed by atoms with van der Waals surface area (Å²) in [5.74, 6) is -0.109. The lowest BCUT2D eigenvalue weighted by Gasteiger charge is -2.29. The van der Waals surface area contributed by atoms with Gasteiger partial charge in [0.05, 0.1) is 10.7 Å². The second-order valence-electron chi connectivity index (χ2n) is 4.51. The number of amides is 1. The first kappa shape index (κ1) is 16.2. The largest absolute Gasteiger partial charge is 0.398 e. The van der Waals surface area contributed by atoms with E-state index in [9.17, 15) is 4.79 Å². The van der Waals surface area contributed by atoms with Crippen LogP contribution in [0.2, 0.25) is 5.02 Å². The average molecular weight is 301 g/mol. The van der Waals surface area contributed by atoms with Crippen LogP contribution < -0.4 is 11.1 Å². The summed E-state index contributed by atoms with van der Waals surface area (Å²) >= 11 is 7.72. The zero-order valence-corrected chi connectivity index (χ0v) is 13.2. The maximum Gasteiger partial charge on any atom is 0.251 e. The molecule has 106 valence electrons. The highest BCUT2D eigenvalue weighted by atomic mass is 35.5. The number of thioether (sulfide) groups is 1. The standard InChI is InChI=1S/C14H21ClN2OS/c1-4-14(5-2,19-3)9-17-13(18)10-6-7-12(16)11(15)8-10/h6-8H,4-5,9,16H2,1-3H3,(H,17,18). The van der Waals surface area contributed by atoms with Gasteiger partial charge in [0.15, 0.2) is 0 Å². The minimum absolute atomic E-state index is 0.104. The molecular formula is C14H21ClN2OS. The highest BCUT2D eigenvalue weighted by Gasteiger charge is 2.25. The molecular weight excluding hydrogens is 280 g/mol. The van der Waals surface area contributed by atoms with Crippen molar-refractivity contribution < 1.29 is 4.79 Å². The number of nitrogen functional groups attached to an aromatic ring is 1. The molecule has 5 heteroatoms. The van der Waals surface area contributed by atoms with Crippen molar-refractivity contribution in [2.75, 3.05) is 18.5 Å². The molecule has 1 aromatic carbocycles. The number of carbonyl (C=O) groups excluding carboxylic acids is 1. The molecule has 1 rings (SSSR count). The Hall–Kier alpha value is -0.870. The van der Waals surface area contributed by atoms with E-state index in [-0.39, 0.29) is 10.7 Å². The van der Waals surface area contributed by atoms with E-state index >= 15 is 0 Å². The van der Waals surface area contributed by atoms with Gasteiger partial charge < -0.3 is 11.1 Å². The summed E-state index contributed by atoms with van der Waals surface area (Å²) in [6, 6.07) is 4.94. The summed E-state index contributed by atoms with van der Waals surface area (Å²) in [5, 5.41) is 3.39. The SMILES string of the molecule is CCC(CC)(CNC(=O)c1ccc(N)c(Cl)c1)SC. The third-order valence-corrected chi connectivity index (χ3v) is 5.47. The number of nitrogens with two attached hydrogens (primary N) is 1. The second-order valence-corrected chi connectivity index (χ2v) is 6.19. The molecule has 0 saturated carbocycles. The number of anilines is 1. The Morgan fingerprint density at radius 2 is 2.05 bits per heavy atom. The number of benzene rings is 1. The van der Waals surface area contributed by atoms with E-state index in [1.165, 1.54) is 0 Å². The topological polar surface area (TPSA) is 55.1 Å². The fourth-order valence-corrected chi connectivity index (χ4v) is 2.85. The third kappa shape index (κ3) is 4.05. The van der Waals surface area contributed by atoms with Crippen LogP contribution in [-0.4, -0.2) is 23.5 Å². The predicted molar refractivity (Wildman–Crippen MR) is 85.0 cm³/mol. The van der Waals surface area contributed by atoms with Crippen LogP contribution in [0.5, 0.6) is 0 Å². The Morgan fingerprint density at radius 1 is 1.42 bits per heavy atom. The van der Waals surface area contributed by atoms with Gasteiger partial charge in [0.1, 0.15) is 0 Å². The van der Waals surface area contributed by atoms with Gasteiger partial charge in [0, 0.05) is 16.9 Å². The van der Waals surface area contributed by atoms with E-state index in [0.717, 1.165) is 12.8 Å². The summed E-state index contributed by atoms with van der Waals surface area (Å²) in [6.07, 6.45) is 4.13. The summed E-state index contributed by atoms with van der Waals surface area (Å²) in [4.78, 5) is 12.1. The lowest BCUT2D eigenvalue weighted by molar-refractivity contribution is 0.0949. The van der Waals surface area contributed by atoms with E-state index in [1.54, 1.807) is 30.0 Å². The van der Waals surface area contributed by atoms with Gasteiger partial charge in [0.25, 0.3) is 5.91 Å². The van der Waals surface area contributed by atoms with Crippen molar-refractivity contribution >= 4 is 35.0 Å². The molecule has 3 N–H and O–H groups in total. The van der Waals surface area contributed by atoms with Crippen molar-refractivity contribution in [2.45, 2.75) is 31.4 Å². The molecule has 0 fully saturated rings. The molecule has 1 amide bonds. The monoisotopic (exact) mass is 300 g/mol. The van der Waals surface area contributed by atoms with Gasteiger partial charge in [-0.3, -0.25) is 4.79 Å². The molecule has 0 aliphatic carbocycles. The normalized spacial score (nSPS) is 11.4. The number of hydrogen-bond acceptors (Lipinski definition) is 3. The first-order chi connectivity index (χ1) is 8.98. The predicted octanol–water partition coefficient (Wildman–Crippen LogP) is 3.57. The van der Waals surface area contributed by atoms with Crippen LogP contribution in [0.15, 0.2) is 18.2 Å². The molecule has 0 atom stereocenters. The number of halogens is 1. The number of nitrogens with one attached hydrogen (secondary N) is 1. The Morgan fingerprint density at radius 3 is 2.53 bits per heavy atom. The Balaban J connectivity index is 2.72. The summed E-state index contributed by atoms with van der Waals surface area (Å²) in [7, 11) is 0. The van der Waals surface area contributed by atoms with Gasteiger partial charge in [0.2, 0.25) is 0 Å². The molecule has 0 unspecified atom stereocenters. The minimum atomic E-state index is -0.109. The molecule has 0 aliphatic heterocycles. The van der Waals surface area contributed by atoms with E-state index < -0.39 is 0 Å². The van der Waals surface area contributed by atoms with Crippen LogP contribution in [0.25, 0.3) is 0 Å². The average Bonchev–Trinajstić information content (AvgIpc) is 2.43. The second kappa shape index (κ2) is 7.06. The number of hydrogen-bond donors (Lipinski definition) is 2. The highest BCUT2D eigenvalue weighted by molar-refractivity contribution is 8.00. The molecule has 0 radical (unpaired) electrons. The first-order valence-corrected chi connectivity index (χ1v) is 7.96. The van der Waals surface area contributed by atoms with Gasteiger partial charge in [-0.15, -0.1) is 0 Å². The van der Waals surface area contributed by atoms with Gasteiger partial charge in [-0.2, -0.15) is 11.8 Å². The Labute approximate surface area is 124 Å². The number of carbonyl (C=O) groups is 1. The van der Waals surface area contributed by atoms with Crippen LogP contribution in [0.4, 0.5) is 5.69 Å². The molecule has 0 heterocycles. The van der Waals surface area contributed by atoms with Crippen molar-refractivity contribution in [2.24, 2.45) is 0 Å². The summed E-state index contributed by atoms with van der Waals surface area (Å²) in [5.41, 5.74) is 6.66. The zero-order valence-electron chi connectivity index (χ0n) is 11.6. The van der Waals surface area contributed by atoms with Crippen molar-refractivity contribution in [3.8, 4) is 0 Å². The first-order valence-electron chi connectivity index (χ1n) is 6.36. The zero-order chi connectivity index (χ0) is 14.5. The van der Waals surface area contributed by atoms with Crippen molar-refractivity contribution in [1.29, 1.82) is 0 Å². The maximum absolute atomic E-state index is 12.1. The molecule has 0 spiro atoms. The summed E-state index contributed by atoms with van der Waals surface area (Å²) in [6.45, 7) is 4.94. The van der Waals surface area contributed by atoms with Crippen LogP contribution in [-0.2, 0) is 0 Å². The third-order valence-electron chi connectivity index (χ3n) is 3.56. The molecule has 1 aromatic rings. The van der Waals surface area contributed by atoms with Gasteiger partial charge in [-0.1, -0.05) is 25.4 Å². The van der Waals surface area contributed by atoms with Gasteiger partial charge >= 0.3 is 0 Å². The maximum atomic E-state index is 12.1. The molecule has 0 aromatic heterocycles. The minimum Gasteiger partial charge on any atom is -0.398 e. The molecule has 0 bridgehead atoms.